The molecule has 0 heterocycles. The van der Waals surface area contributed by atoms with Crippen molar-refractivity contribution in [3.05, 3.63) is 35.9 Å². The molecule has 0 aromatic heterocycles. The normalized spacial score (nSPS) is 15.7. The highest BCUT2D eigenvalue weighted by molar-refractivity contribution is 5.92. The molecule has 0 spiro atoms. The van der Waals surface area contributed by atoms with E-state index in [1.165, 1.54) is 13.8 Å². The standard InChI is InChI=1S/C16H23N3O5/c1-9(16(23)24)18-15(22)13(10(2)20)19-14(21)12(17)8-11-6-4-3-5-7-11/h3-7,9-10,12-13,20H,8,17H2,1-2H3,(H,18,22)(H,19,21)(H,23,24)/t9-,10-,12-,13-/m1/s1. The Hall–Kier alpha value is -2.45. The number of hydrogen-bond donors (Lipinski definition) is 5. The average molecular weight is 337 g/mol. The lowest BCUT2D eigenvalue weighted by atomic mass is 10.0. The van der Waals surface area contributed by atoms with Crippen molar-refractivity contribution in [2.75, 3.05) is 0 Å². The first-order valence-electron chi connectivity index (χ1n) is 7.53. The molecule has 1 aromatic rings. The fourth-order valence-corrected chi connectivity index (χ4v) is 1.99. The van der Waals surface area contributed by atoms with E-state index < -0.39 is 42.0 Å². The van der Waals surface area contributed by atoms with Gasteiger partial charge in [0.15, 0.2) is 0 Å². The van der Waals surface area contributed by atoms with E-state index in [-0.39, 0.29) is 6.42 Å². The molecule has 0 bridgehead atoms. The third-order valence-corrected chi connectivity index (χ3v) is 3.43. The molecule has 0 unspecified atom stereocenters. The summed E-state index contributed by atoms with van der Waals surface area (Å²) in [5.41, 5.74) is 6.69. The van der Waals surface area contributed by atoms with Crippen molar-refractivity contribution in [1.82, 2.24) is 10.6 Å². The van der Waals surface area contributed by atoms with Gasteiger partial charge in [0.25, 0.3) is 0 Å². The summed E-state index contributed by atoms with van der Waals surface area (Å²) in [6, 6.07) is 5.78. The number of carbonyl (C=O) groups excluding carboxylic acids is 2. The Morgan fingerprint density at radius 3 is 2.17 bits per heavy atom. The zero-order valence-electron chi connectivity index (χ0n) is 13.6. The van der Waals surface area contributed by atoms with Crippen molar-refractivity contribution < 1.29 is 24.6 Å². The molecule has 8 nitrogen and oxygen atoms in total. The van der Waals surface area contributed by atoms with Crippen molar-refractivity contribution >= 4 is 17.8 Å². The van der Waals surface area contributed by atoms with Gasteiger partial charge in [-0.25, -0.2) is 0 Å². The summed E-state index contributed by atoms with van der Waals surface area (Å²) in [5, 5.41) is 23.1. The molecule has 0 aliphatic rings. The van der Waals surface area contributed by atoms with Gasteiger partial charge in [-0.1, -0.05) is 30.3 Å². The maximum Gasteiger partial charge on any atom is 0.325 e. The Balaban J connectivity index is 2.68. The summed E-state index contributed by atoms with van der Waals surface area (Å²) in [7, 11) is 0. The predicted molar refractivity (Wildman–Crippen MR) is 87.0 cm³/mol. The molecule has 8 heteroatoms. The van der Waals surface area contributed by atoms with Crippen molar-refractivity contribution in [3.63, 3.8) is 0 Å². The molecule has 0 radical (unpaired) electrons. The molecule has 1 aromatic carbocycles. The second-order valence-electron chi connectivity index (χ2n) is 5.59. The highest BCUT2D eigenvalue weighted by atomic mass is 16.4. The van der Waals surface area contributed by atoms with E-state index in [0.717, 1.165) is 5.56 Å². The Labute approximate surface area is 140 Å². The quantitative estimate of drug-likeness (QED) is 0.412. The average Bonchev–Trinajstić information content (AvgIpc) is 2.52. The molecule has 2 amide bonds. The number of carboxylic acid groups (broad SMARTS) is 1. The van der Waals surface area contributed by atoms with Gasteiger partial charge in [0.05, 0.1) is 12.1 Å². The number of aliphatic carboxylic acids is 1. The molecular weight excluding hydrogens is 314 g/mol. The van der Waals surface area contributed by atoms with Crippen LogP contribution in [0.1, 0.15) is 19.4 Å². The van der Waals surface area contributed by atoms with E-state index >= 15 is 0 Å². The van der Waals surface area contributed by atoms with Crippen molar-refractivity contribution in [2.24, 2.45) is 5.73 Å². The molecule has 0 saturated carbocycles. The van der Waals surface area contributed by atoms with E-state index in [4.69, 9.17) is 10.8 Å². The van der Waals surface area contributed by atoms with Crippen LogP contribution in [0.3, 0.4) is 0 Å². The number of hydrogen-bond acceptors (Lipinski definition) is 5. The fourth-order valence-electron chi connectivity index (χ4n) is 1.99. The lowest BCUT2D eigenvalue weighted by Gasteiger charge is -2.23. The first-order chi connectivity index (χ1) is 11.2. The molecule has 24 heavy (non-hydrogen) atoms. The van der Waals surface area contributed by atoms with E-state index in [9.17, 15) is 19.5 Å². The lowest BCUT2D eigenvalue weighted by molar-refractivity contribution is -0.142. The third kappa shape index (κ3) is 5.98. The zero-order valence-corrected chi connectivity index (χ0v) is 13.6. The van der Waals surface area contributed by atoms with Gasteiger partial charge in [0.2, 0.25) is 11.8 Å². The second kappa shape index (κ2) is 8.99. The van der Waals surface area contributed by atoms with Crippen LogP contribution in [-0.4, -0.2) is 52.2 Å². The lowest BCUT2D eigenvalue weighted by Crippen LogP contribution is -2.58. The number of nitrogens with one attached hydrogen (secondary N) is 2. The van der Waals surface area contributed by atoms with Crippen molar-refractivity contribution in [1.29, 1.82) is 0 Å². The Morgan fingerprint density at radius 2 is 1.67 bits per heavy atom. The van der Waals surface area contributed by atoms with Crippen molar-refractivity contribution in [2.45, 2.75) is 44.5 Å². The summed E-state index contributed by atoms with van der Waals surface area (Å²) in [5.74, 6) is -2.62. The van der Waals surface area contributed by atoms with Gasteiger partial charge in [-0.3, -0.25) is 14.4 Å². The summed E-state index contributed by atoms with van der Waals surface area (Å²) < 4.78 is 0. The number of rotatable bonds is 8. The minimum atomic E-state index is -1.29. The van der Waals surface area contributed by atoms with Gasteiger partial charge in [-0.2, -0.15) is 0 Å². The number of benzene rings is 1. The fraction of sp³-hybridized carbons (Fsp3) is 0.438. The van der Waals surface area contributed by atoms with Gasteiger partial charge in [-0.05, 0) is 25.8 Å². The number of carboxylic acids is 1. The van der Waals surface area contributed by atoms with Crippen LogP contribution in [0.4, 0.5) is 0 Å². The molecular formula is C16H23N3O5. The maximum absolute atomic E-state index is 12.1. The minimum Gasteiger partial charge on any atom is -0.480 e. The van der Waals surface area contributed by atoms with E-state index in [0.29, 0.717) is 0 Å². The Bertz CT molecular complexity index is 576. The van der Waals surface area contributed by atoms with Crippen LogP contribution in [0, 0.1) is 0 Å². The predicted octanol–water partition coefficient (Wildman–Crippen LogP) is -0.989. The largest absolute Gasteiger partial charge is 0.480 e. The maximum atomic E-state index is 12.1. The zero-order chi connectivity index (χ0) is 18.3. The highest BCUT2D eigenvalue weighted by Gasteiger charge is 2.29. The van der Waals surface area contributed by atoms with Crippen LogP contribution in [0.15, 0.2) is 30.3 Å². The van der Waals surface area contributed by atoms with Crippen LogP contribution in [-0.2, 0) is 20.8 Å². The summed E-state index contributed by atoms with van der Waals surface area (Å²) in [6.45, 7) is 2.60. The summed E-state index contributed by atoms with van der Waals surface area (Å²) >= 11 is 0. The van der Waals surface area contributed by atoms with Gasteiger partial charge in [-0.15, -0.1) is 0 Å². The van der Waals surface area contributed by atoms with Crippen LogP contribution in [0.25, 0.3) is 0 Å². The molecule has 0 aliphatic carbocycles. The van der Waals surface area contributed by atoms with E-state index in [1.54, 1.807) is 0 Å². The van der Waals surface area contributed by atoms with Crippen molar-refractivity contribution in [3.8, 4) is 0 Å². The highest BCUT2D eigenvalue weighted by Crippen LogP contribution is 2.03. The van der Waals surface area contributed by atoms with Crippen LogP contribution < -0.4 is 16.4 Å². The SMILES string of the molecule is C[C@@H](NC(=O)[C@H](NC(=O)[C@H](N)Cc1ccccc1)[C@@H](C)O)C(=O)O. The van der Waals surface area contributed by atoms with Crippen LogP contribution in [0.5, 0.6) is 0 Å². The Kier molecular flexibility index (Phi) is 7.34. The molecule has 0 saturated heterocycles. The smallest absolute Gasteiger partial charge is 0.325 e. The number of aliphatic hydroxyl groups is 1. The van der Waals surface area contributed by atoms with Gasteiger partial charge in [0.1, 0.15) is 12.1 Å². The Morgan fingerprint density at radius 1 is 1.08 bits per heavy atom. The number of carbonyl (C=O) groups is 3. The van der Waals surface area contributed by atoms with E-state index in [1.807, 2.05) is 30.3 Å². The number of aliphatic hydroxyl groups excluding tert-OH is 1. The second-order valence-corrected chi connectivity index (χ2v) is 5.59. The molecule has 4 atom stereocenters. The molecule has 1 rings (SSSR count). The number of amides is 2. The van der Waals surface area contributed by atoms with Gasteiger partial charge in [0, 0.05) is 0 Å². The summed E-state index contributed by atoms with van der Waals surface area (Å²) in [6.07, 6.45) is -0.939. The number of nitrogens with two attached hydrogens (primary N) is 1. The molecule has 0 fully saturated rings. The first kappa shape index (κ1) is 19.6. The van der Waals surface area contributed by atoms with E-state index in [2.05, 4.69) is 10.6 Å². The van der Waals surface area contributed by atoms with Gasteiger partial charge >= 0.3 is 5.97 Å². The van der Waals surface area contributed by atoms with Gasteiger partial charge < -0.3 is 26.6 Å². The molecule has 132 valence electrons. The van der Waals surface area contributed by atoms with Crippen LogP contribution in [0.2, 0.25) is 0 Å². The first-order valence-corrected chi connectivity index (χ1v) is 7.53. The third-order valence-electron chi connectivity index (χ3n) is 3.43. The monoisotopic (exact) mass is 337 g/mol. The van der Waals surface area contributed by atoms with Crippen LogP contribution >= 0.6 is 0 Å². The topological polar surface area (TPSA) is 142 Å². The molecule has 0 aliphatic heterocycles. The molecule has 6 N–H and O–H groups in total. The minimum absolute atomic E-state index is 0.270. The summed E-state index contributed by atoms with van der Waals surface area (Å²) in [4.78, 5) is 34.9.